The Morgan fingerprint density at radius 2 is 1.81 bits per heavy atom. The topological polar surface area (TPSA) is 92.6 Å². The van der Waals surface area contributed by atoms with Crippen LogP contribution in [0, 0.1) is 5.92 Å². The summed E-state index contributed by atoms with van der Waals surface area (Å²) in [4.78, 5) is 33.8. The number of para-hydroxylation sites is 1. The first kappa shape index (κ1) is 26.3. The average Bonchev–Trinajstić information content (AvgIpc) is 2.86. The van der Waals surface area contributed by atoms with E-state index in [1.807, 2.05) is 6.07 Å². The van der Waals surface area contributed by atoms with Crippen molar-refractivity contribution < 1.29 is 13.2 Å². The molecule has 0 aliphatic carbocycles. The Bertz CT molecular complexity index is 1410. The quantitative estimate of drug-likeness (QED) is 0.444. The summed E-state index contributed by atoms with van der Waals surface area (Å²) < 4.78 is 26.7. The van der Waals surface area contributed by atoms with Crippen LogP contribution in [0.25, 0.3) is 16.6 Å². The molecule has 1 amide bonds. The monoisotopic (exact) mass is 530 g/mol. The van der Waals surface area contributed by atoms with Crippen LogP contribution in [-0.2, 0) is 21.2 Å². The number of unbranched alkanes of at least 4 members (excludes halogenated alkanes) is 1. The summed E-state index contributed by atoms with van der Waals surface area (Å²) in [5.74, 6) is 0.0927. The number of fused-ring (bicyclic) bond motifs is 1. The predicted octanol–water partition coefficient (Wildman–Crippen LogP) is 3.49. The number of benzene rings is 2. The fourth-order valence-electron chi connectivity index (χ4n) is 4.68. The molecule has 1 fully saturated rings. The molecule has 10 heteroatoms. The Labute approximate surface area is 216 Å². The number of hydrogen-bond donors (Lipinski definition) is 0. The second-order valence-corrected chi connectivity index (χ2v) is 11.6. The van der Waals surface area contributed by atoms with Gasteiger partial charge in [0.05, 0.1) is 22.8 Å². The van der Waals surface area contributed by atoms with Crippen molar-refractivity contribution in [1.82, 2.24) is 18.8 Å². The zero-order valence-corrected chi connectivity index (χ0v) is 22.1. The van der Waals surface area contributed by atoms with Gasteiger partial charge in [-0.1, -0.05) is 49.6 Å². The van der Waals surface area contributed by atoms with E-state index in [0.29, 0.717) is 46.9 Å². The molecule has 1 aromatic heterocycles. The van der Waals surface area contributed by atoms with Crippen LogP contribution < -0.4 is 5.56 Å². The van der Waals surface area contributed by atoms with Crippen molar-refractivity contribution in [2.24, 2.45) is 5.92 Å². The van der Waals surface area contributed by atoms with E-state index in [1.165, 1.54) is 10.6 Å². The van der Waals surface area contributed by atoms with E-state index in [4.69, 9.17) is 16.6 Å². The Hall–Kier alpha value is -2.75. The van der Waals surface area contributed by atoms with Crippen molar-refractivity contribution in [2.75, 3.05) is 32.4 Å². The number of nitrogens with zero attached hydrogens (tertiary/aromatic N) is 4. The molecule has 2 heterocycles. The first-order valence-electron chi connectivity index (χ1n) is 12.2. The first-order valence-corrected chi connectivity index (χ1v) is 14.4. The fraction of sp³-hybridized carbons (Fsp3) is 0.423. The molecule has 0 saturated carbocycles. The SMILES string of the molecule is CCCCC(Cc1nc2ccccc2c(=O)n1-c1cccc(Cl)c1)C(=O)N1CCN(S(C)(=O)=O)CC1. The maximum atomic E-state index is 13.6. The summed E-state index contributed by atoms with van der Waals surface area (Å²) in [6.45, 7) is 3.34. The molecular weight excluding hydrogens is 500 g/mol. The molecular formula is C26H31ClN4O4S. The lowest BCUT2D eigenvalue weighted by molar-refractivity contribution is -0.137. The minimum atomic E-state index is -3.29. The third-order valence-electron chi connectivity index (χ3n) is 6.62. The summed E-state index contributed by atoms with van der Waals surface area (Å²) in [6.07, 6.45) is 3.92. The number of amides is 1. The molecule has 36 heavy (non-hydrogen) atoms. The summed E-state index contributed by atoms with van der Waals surface area (Å²) in [6, 6.07) is 14.2. The molecule has 0 spiro atoms. The Morgan fingerprint density at radius 1 is 1.08 bits per heavy atom. The van der Waals surface area contributed by atoms with E-state index in [-0.39, 0.29) is 36.9 Å². The van der Waals surface area contributed by atoms with Crippen molar-refractivity contribution in [2.45, 2.75) is 32.6 Å². The molecule has 3 aromatic rings. The molecule has 0 bridgehead atoms. The molecule has 1 aliphatic heterocycles. The summed E-state index contributed by atoms with van der Waals surface area (Å²) in [5, 5.41) is 0.996. The lowest BCUT2D eigenvalue weighted by atomic mass is 9.95. The van der Waals surface area contributed by atoms with Gasteiger partial charge in [0.15, 0.2) is 0 Å². The smallest absolute Gasteiger partial charge is 0.265 e. The number of carbonyl (C=O) groups is 1. The molecule has 1 unspecified atom stereocenters. The Balaban J connectivity index is 1.71. The maximum Gasteiger partial charge on any atom is 0.265 e. The van der Waals surface area contributed by atoms with Crippen LogP contribution in [0.4, 0.5) is 0 Å². The lowest BCUT2D eigenvalue weighted by Gasteiger charge is -2.35. The van der Waals surface area contributed by atoms with Gasteiger partial charge >= 0.3 is 0 Å². The van der Waals surface area contributed by atoms with E-state index < -0.39 is 10.0 Å². The minimum absolute atomic E-state index is 0.0309. The highest BCUT2D eigenvalue weighted by Crippen LogP contribution is 2.23. The fourth-order valence-corrected chi connectivity index (χ4v) is 5.69. The zero-order valence-electron chi connectivity index (χ0n) is 20.6. The number of carbonyl (C=O) groups excluding carboxylic acids is 1. The average molecular weight is 531 g/mol. The van der Waals surface area contributed by atoms with Gasteiger partial charge in [0.2, 0.25) is 15.9 Å². The zero-order chi connectivity index (χ0) is 25.9. The van der Waals surface area contributed by atoms with E-state index in [1.54, 1.807) is 51.9 Å². The van der Waals surface area contributed by atoms with Gasteiger partial charge in [-0.05, 0) is 36.8 Å². The number of rotatable bonds is 8. The molecule has 1 aliphatic rings. The standard InChI is InChI=1S/C26H31ClN4O4S/c1-3-4-8-19(25(32)29-13-15-30(16-14-29)36(2,34)35)17-24-28-23-12-6-5-11-22(23)26(33)31(24)21-10-7-9-20(27)18-21/h5-7,9-12,18-19H,3-4,8,13-17H2,1-2H3. The highest BCUT2D eigenvalue weighted by molar-refractivity contribution is 7.88. The third kappa shape index (κ3) is 5.79. The van der Waals surface area contributed by atoms with Crippen molar-refractivity contribution in [3.8, 4) is 5.69 Å². The van der Waals surface area contributed by atoms with Gasteiger partial charge in [-0.15, -0.1) is 0 Å². The summed E-state index contributed by atoms with van der Waals surface area (Å²) in [5.41, 5.74) is 0.977. The van der Waals surface area contributed by atoms with Crippen LogP contribution in [0.15, 0.2) is 53.3 Å². The molecule has 2 aromatic carbocycles. The highest BCUT2D eigenvalue weighted by Gasteiger charge is 2.31. The lowest BCUT2D eigenvalue weighted by Crippen LogP contribution is -2.52. The number of hydrogen-bond acceptors (Lipinski definition) is 5. The predicted molar refractivity (Wildman–Crippen MR) is 142 cm³/mol. The van der Waals surface area contributed by atoms with Crippen LogP contribution in [0.3, 0.4) is 0 Å². The van der Waals surface area contributed by atoms with Crippen LogP contribution >= 0.6 is 11.6 Å². The molecule has 8 nitrogen and oxygen atoms in total. The van der Waals surface area contributed by atoms with Crippen LogP contribution in [-0.4, -0.2) is 65.5 Å². The van der Waals surface area contributed by atoms with Gasteiger partial charge in [0, 0.05) is 43.5 Å². The minimum Gasteiger partial charge on any atom is -0.340 e. The van der Waals surface area contributed by atoms with E-state index >= 15 is 0 Å². The van der Waals surface area contributed by atoms with Crippen LogP contribution in [0.2, 0.25) is 5.02 Å². The molecule has 1 saturated heterocycles. The van der Waals surface area contributed by atoms with Crippen molar-refractivity contribution >= 4 is 38.4 Å². The van der Waals surface area contributed by atoms with Crippen LogP contribution in [0.5, 0.6) is 0 Å². The van der Waals surface area contributed by atoms with Crippen LogP contribution in [0.1, 0.15) is 32.0 Å². The normalized spacial score (nSPS) is 15.8. The van der Waals surface area contributed by atoms with Gasteiger partial charge in [-0.25, -0.2) is 13.4 Å². The summed E-state index contributed by atoms with van der Waals surface area (Å²) >= 11 is 6.24. The maximum absolute atomic E-state index is 13.6. The van der Waals surface area contributed by atoms with Gasteiger partial charge in [0.1, 0.15) is 5.82 Å². The van der Waals surface area contributed by atoms with Gasteiger partial charge in [-0.3, -0.25) is 14.2 Å². The molecule has 0 N–H and O–H groups in total. The van der Waals surface area contributed by atoms with Crippen molar-refractivity contribution in [3.63, 3.8) is 0 Å². The van der Waals surface area contributed by atoms with E-state index in [0.717, 1.165) is 12.8 Å². The molecule has 1 atom stereocenters. The van der Waals surface area contributed by atoms with E-state index in [9.17, 15) is 18.0 Å². The second-order valence-electron chi connectivity index (χ2n) is 9.20. The largest absolute Gasteiger partial charge is 0.340 e. The number of piperazine rings is 1. The highest BCUT2D eigenvalue weighted by atomic mass is 35.5. The Morgan fingerprint density at radius 3 is 2.47 bits per heavy atom. The Kier molecular flexibility index (Phi) is 8.12. The second kappa shape index (κ2) is 11.1. The van der Waals surface area contributed by atoms with Crippen molar-refractivity contribution in [1.29, 1.82) is 0 Å². The van der Waals surface area contributed by atoms with Gasteiger partial charge < -0.3 is 4.90 Å². The van der Waals surface area contributed by atoms with Crippen molar-refractivity contribution in [3.05, 3.63) is 69.7 Å². The molecule has 4 rings (SSSR count). The number of aromatic nitrogens is 2. The first-order chi connectivity index (χ1) is 17.2. The van der Waals surface area contributed by atoms with Gasteiger partial charge in [-0.2, -0.15) is 4.31 Å². The van der Waals surface area contributed by atoms with E-state index in [2.05, 4.69) is 6.92 Å². The molecule has 192 valence electrons. The van der Waals surface area contributed by atoms with Gasteiger partial charge in [0.25, 0.3) is 5.56 Å². The third-order valence-corrected chi connectivity index (χ3v) is 8.15. The summed E-state index contributed by atoms with van der Waals surface area (Å²) in [7, 11) is -3.29. The molecule has 0 radical (unpaired) electrons. The number of sulfonamides is 1. The number of halogens is 1.